The molecule has 2 aromatic rings. The van der Waals surface area contributed by atoms with Crippen molar-refractivity contribution in [1.82, 2.24) is 0 Å². The van der Waals surface area contributed by atoms with Gasteiger partial charge in [0.1, 0.15) is 0 Å². The lowest BCUT2D eigenvalue weighted by Gasteiger charge is -2.31. The maximum absolute atomic E-state index is 13.6. The summed E-state index contributed by atoms with van der Waals surface area (Å²) < 4.78 is 52.6. The summed E-state index contributed by atoms with van der Waals surface area (Å²) in [5.41, 5.74) is 7.60. The predicted molar refractivity (Wildman–Crippen MR) is 121 cm³/mol. The van der Waals surface area contributed by atoms with Crippen LogP contribution in [0.4, 0.5) is 11.4 Å². The Morgan fingerprint density at radius 3 is 2.06 bits per heavy atom. The fourth-order valence-corrected chi connectivity index (χ4v) is 8.17. The molecule has 168 valence electrons. The molecule has 1 heterocycles. The average Bonchev–Trinajstić information content (AvgIpc) is 3.02. The Labute approximate surface area is 183 Å². The monoisotopic (exact) mass is 464 g/mol. The molecule has 3 N–H and O–H groups in total. The zero-order valence-corrected chi connectivity index (χ0v) is 18.9. The van der Waals surface area contributed by atoms with E-state index in [1.807, 2.05) is 12.1 Å². The Bertz CT molecular complexity index is 1120. The Balaban J connectivity index is 1.72. The van der Waals surface area contributed by atoms with Gasteiger partial charge in [-0.15, -0.1) is 0 Å². The van der Waals surface area contributed by atoms with Crippen LogP contribution >= 0.6 is 0 Å². The van der Waals surface area contributed by atoms with Crippen molar-refractivity contribution in [3.05, 3.63) is 54.1 Å². The van der Waals surface area contributed by atoms with Crippen molar-refractivity contribution in [1.29, 1.82) is 0 Å². The van der Waals surface area contributed by atoms with E-state index in [-0.39, 0.29) is 10.6 Å². The smallest absolute Gasteiger partial charge is 0.264 e. The second kappa shape index (κ2) is 8.44. The highest BCUT2D eigenvalue weighted by Crippen LogP contribution is 2.35. The molecule has 31 heavy (non-hydrogen) atoms. The molecule has 2 fully saturated rings. The van der Waals surface area contributed by atoms with Gasteiger partial charge in [-0.3, -0.25) is 4.31 Å². The van der Waals surface area contributed by atoms with E-state index >= 15 is 0 Å². The summed E-state index contributed by atoms with van der Waals surface area (Å²) in [6.07, 6.45) is 4.52. The first-order valence-electron chi connectivity index (χ1n) is 10.6. The molecule has 0 spiro atoms. The molecule has 7 nitrogen and oxygen atoms in total. The third-order valence-corrected chi connectivity index (χ3v) is 9.82. The van der Waals surface area contributed by atoms with E-state index in [0.717, 1.165) is 22.7 Å². The molecule has 9 heteroatoms. The van der Waals surface area contributed by atoms with E-state index in [1.165, 1.54) is 31.4 Å². The van der Waals surface area contributed by atoms with Crippen LogP contribution in [0.3, 0.4) is 0 Å². The van der Waals surface area contributed by atoms with Gasteiger partial charge >= 0.3 is 0 Å². The fourth-order valence-electron chi connectivity index (χ4n) is 4.63. The Kier molecular flexibility index (Phi) is 6.02. The molecular formula is C22H28N2O5S2. The van der Waals surface area contributed by atoms with Gasteiger partial charge in [0.2, 0.25) is 0 Å². The quantitative estimate of drug-likeness (QED) is 0.657. The number of sulfone groups is 1. The summed E-state index contributed by atoms with van der Waals surface area (Å²) in [5, 5.41) is 10.4. The highest BCUT2D eigenvalue weighted by molar-refractivity contribution is 7.93. The summed E-state index contributed by atoms with van der Waals surface area (Å²) in [5.74, 6) is -0.447. The topological polar surface area (TPSA) is 118 Å². The molecule has 1 aliphatic heterocycles. The highest BCUT2D eigenvalue weighted by atomic mass is 32.2. The average molecular weight is 465 g/mol. The van der Waals surface area contributed by atoms with Gasteiger partial charge < -0.3 is 10.8 Å². The van der Waals surface area contributed by atoms with Crippen LogP contribution in [-0.2, 0) is 19.9 Å². The summed E-state index contributed by atoms with van der Waals surface area (Å²) in [7, 11) is -7.66. The van der Waals surface area contributed by atoms with E-state index < -0.39 is 43.5 Å². The van der Waals surface area contributed by atoms with Crippen molar-refractivity contribution in [2.45, 2.75) is 55.1 Å². The second-order valence-electron chi connectivity index (χ2n) is 8.51. The number of aliphatic hydroxyl groups excluding tert-OH is 1. The van der Waals surface area contributed by atoms with Crippen LogP contribution < -0.4 is 10.0 Å². The number of sulfonamides is 1. The molecule has 0 radical (unpaired) electrons. The van der Waals surface area contributed by atoms with Gasteiger partial charge in [-0.05, 0) is 60.7 Å². The first-order chi connectivity index (χ1) is 14.7. The number of hydrogen-bond acceptors (Lipinski definition) is 6. The molecule has 2 aliphatic rings. The first-order valence-corrected chi connectivity index (χ1v) is 13.8. The van der Waals surface area contributed by atoms with Crippen LogP contribution in [-0.4, -0.2) is 45.6 Å². The predicted octanol–water partition coefficient (Wildman–Crippen LogP) is 2.67. The molecular weight excluding hydrogens is 436 g/mol. The van der Waals surface area contributed by atoms with Crippen molar-refractivity contribution >= 4 is 31.2 Å². The zero-order chi connectivity index (χ0) is 22.2. The van der Waals surface area contributed by atoms with Gasteiger partial charge in [-0.1, -0.05) is 31.4 Å². The lowest BCUT2D eigenvalue weighted by atomic mass is 9.84. The third-order valence-electron chi connectivity index (χ3n) is 6.26. The lowest BCUT2D eigenvalue weighted by Crippen LogP contribution is -2.47. The number of anilines is 2. The second-order valence-corrected chi connectivity index (χ2v) is 12.5. The van der Waals surface area contributed by atoms with Gasteiger partial charge in [-0.25, -0.2) is 16.8 Å². The number of benzene rings is 2. The SMILES string of the molecule is Nc1ccc(N([C@@H]2CS(=O)(=O)C[C@@H]2O)S(=O)(=O)c2ccc(C3CCCCC3)cc2)cc1. The Hall–Kier alpha value is -2.10. The van der Waals surface area contributed by atoms with Gasteiger partial charge in [-0.2, -0.15) is 0 Å². The van der Waals surface area contributed by atoms with E-state index in [1.54, 1.807) is 24.3 Å². The van der Waals surface area contributed by atoms with Crippen molar-refractivity contribution in [3.63, 3.8) is 0 Å². The van der Waals surface area contributed by atoms with E-state index in [0.29, 0.717) is 11.6 Å². The maximum atomic E-state index is 13.6. The van der Waals surface area contributed by atoms with Crippen molar-refractivity contribution in [3.8, 4) is 0 Å². The van der Waals surface area contributed by atoms with Gasteiger partial charge in [0.15, 0.2) is 9.84 Å². The van der Waals surface area contributed by atoms with Gasteiger partial charge in [0.05, 0.1) is 34.2 Å². The Morgan fingerprint density at radius 1 is 0.903 bits per heavy atom. The standard InChI is InChI=1S/C22H28N2O5S2/c23-18-8-10-19(11-9-18)24(21-14-30(26,27)15-22(21)25)31(28,29)20-12-6-17(7-13-20)16-4-2-1-3-5-16/h6-13,16,21-22,25H,1-5,14-15,23H2/t21-,22+/m1/s1. The number of aliphatic hydroxyl groups is 1. The van der Waals surface area contributed by atoms with Crippen LogP contribution in [0.15, 0.2) is 53.4 Å². The number of nitrogen functional groups attached to an aromatic ring is 1. The maximum Gasteiger partial charge on any atom is 0.264 e. The van der Waals surface area contributed by atoms with Crippen molar-refractivity contribution in [2.75, 3.05) is 21.5 Å². The molecule has 0 unspecified atom stereocenters. The number of nitrogens with two attached hydrogens (primary N) is 1. The number of nitrogens with zero attached hydrogens (tertiary/aromatic N) is 1. The van der Waals surface area contributed by atoms with Crippen molar-refractivity contribution in [2.24, 2.45) is 0 Å². The van der Waals surface area contributed by atoms with Crippen LogP contribution in [0, 0.1) is 0 Å². The molecule has 1 saturated heterocycles. The summed E-state index contributed by atoms with van der Waals surface area (Å²) in [6, 6.07) is 11.9. The molecule has 1 aliphatic carbocycles. The Morgan fingerprint density at radius 2 is 1.52 bits per heavy atom. The highest BCUT2D eigenvalue weighted by Gasteiger charge is 2.45. The zero-order valence-electron chi connectivity index (χ0n) is 17.2. The summed E-state index contributed by atoms with van der Waals surface area (Å²) in [6.45, 7) is 0. The normalized spacial score (nSPS) is 24.2. The third kappa shape index (κ3) is 4.58. The van der Waals surface area contributed by atoms with Crippen LogP contribution in [0.5, 0.6) is 0 Å². The number of rotatable bonds is 5. The van der Waals surface area contributed by atoms with E-state index in [9.17, 15) is 21.9 Å². The minimum atomic E-state index is -4.11. The molecule has 0 aromatic heterocycles. The summed E-state index contributed by atoms with van der Waals surface area (Å²) in [4.78, 5) is 0.0698. The largest absolute Gasteiger partial charge is 0.399 e. The molecule has 0 bridgehead atoms. The van der Waals surface area contributed by atoms with Gasteiger partial charge in [0.25, 0.3) is 10.0 Å². The molecule has 2 atom stereocenters. The van der Waals surface area contributed by atoms with E-state index in [2.05, 4.69) is 0 Å². The van der Waals surface area contributed by atoms with Crippen LogP contribution in [0.25, 0.3) is 0 Å². The molecule has 1 saturated carbocycles. The lowest BCUT2D eigenvalue weighted by molar-refractivity contribution is 0.184. The molecule has 2 aromatic carbocycles. The van der Waals surface area contributed by atoms with Gasteiger partial charge in [0, 0.05) is 5.69 Å². The fraction of sp³-hybridized carbons (Fsp3) is 0.455. The van der Waals surface area contributed by atoms with Crippen LogP contribution in [0.2, 0.25) is 0 Å². The minimum absolute atomic E-state index is 0.0698. The summed E-state index contributed by atoms with van der Waals surface area (Å²) >= 11 is 0. The van der Waals surface area contributed by atoms with Crippen LogP contribution in [0.1, 0.15) is 43.6 Å². The molecule has 0 amide bonds. The number of hydrogen-bond donors (Lipinski definition) is 2. The molecule has 4 rings (SSSR count). The van der Waals surface area contributed by atoms with Crippen molar-refractivity contribution < 1.29 is 21.9 Å². The minimum Gasteiger partial charge on any atom is -0.399 e. The first kappa shape index (κ1) is 22.1. The van der Waals surface area contributed by atoms with E-state index in [4.69, 9.17) is 5.73 Å².